The van der Waals surface area contributed by atoms with Crippen molar-refractivity contribution in [2.75, 3.05) is 6.54 Å². The second kappa shape index (κ2) is 6.61. The molecule has 0 saturated carbocycles. The first kappa shape index (κ1) is 16.3. The van der Waals surface area contributed by atoms with Gasteiger partial charge >= 0.3 is 0 Å². The van der Waals surface area contributed by atoms with Gasteiger partial charge in [0.2, 0.25) is 0 Å². The van der Waals surface area contributed by atoms with Crippen LogP contribution in [0.2, 0.25) is 5.02 Å². The van der Waals surface area contributed by atoms with Crippen molar-refractivity contribution in [2.24, 2.45) is 0 Å². The Bertz CT molecular complexity index is 965. The molecule has 0 unspecified atom stereocenters. The van der Waals surface area contributed by atoms with Crippen molar-refractivity contribution < 1.29 is 4.52 Å². The monoisotopic (exact) mass is 358 g/mol. The van der Waals surface area contributed by atoms with E-state index in [0.717, 1.165) is 36.5 Å². The SMILES string of the molecule is Cc1cc([C@@H]2CCCCN2Cc2cc(=O)n3cc(Cl)ccc3n2)no1. The fourth-order valence-corrected chi connectivity index (χ4v) is 3.63. The normalized spacial score (nSPS) is 18.7. The van der Waals surface area contributed by atoms with E-state index >= 15 is 0 Å². The van der Waals surface area contributed by atoms with E-state index in [0.29, 0.717) is 17.2 Å². The lowest BCUT2D eigenvalue weighted by Gasteiger charge is -2.34. The minimum atomic E-state index is -0.117. The lowest BCUT2D eigenvalue weighted by Crippen LogP contribution is -2.34. The maximum Gasteiger partial charge on any atom is 0.258 e. The lowest BCUT2D eigenvalue weighted by atomic mass is 9.99. The van der Waals surface area contributed by atoms with E-state index < -0.39 is 0 Å². The first-order valence-electron chi connectivity index (χ1n) is 8.45. The van der Waals surface area contributed by atoms with Gasteiger partial charge in [-0.05, 0) is 38.4 Å². The zero-order valence-electron chi connectivity index (χ0n) is 14.0. The van der Waals surface area contributed by atoms with Crippen molar-refractivity contribution in [3.05, 3.63) is 63.0 Å². The van der Waals surface area contributed by atoms with Crippen LogP contribution >= 0.6 is 11.6 Å². The standard InChI is InChI=1S/C18H19ClN4O2/c1-12-8-15(21-25-12)16-4-2-3-7-22(16)11-14-9-18(24)23-10-13(19)5-6-17(23)20-14/h5-6,8-10,16H,2-4,7,11H2,1H3/t16-/m0/s1. The van der Waals surface area contributed by atoms with Crippen LogP contribution in [0.15, 0.2) is 39.8 Å². The molecule has 1 saturated heterocycles. The zero-order chi connectivity index (χ0) is 17.4. The van der Waals surface area contributed by atoms with Gasteiger partial charge in [0.1, 0.15) is 17.1 Å². The van der Waals surface area contributed by atoms with Crippen LogP contribution in [0.4, 0.5) is 0 Å². The number of halogens is 1. The highest BCUT2D eigenvalue weighted by Crippen LogP contribution is 2.31. The molecule has 0 spiro atoms. The molecule has 0 aromatic carbocycles. The second-order valence-electron chi connectivity index (χ2n) is 6.51. The summed E-state index contributed by atoms with van der Waals surface area (Å²) in [7, 11) is 0. The summed E-state index contributed by atoms with van der Waals surface area (Å²) in [6.45, 7) is 3.48. The minimum Gasteiger partial charge on any atom is -0.361 e. The highest BCUT2D eigenvalue weighted by Gasteiger charge is 2.27. The molecule has 130 valence electrons. The maximum absolute atomic E-state index is 12.4. The van der Waals surface area contributed by atoms with Gasteiger partial charge in [0.05, 0.1) is 16.8 Å². The third-order valence-electron chi connectivity index (χ3n) is 4.64. The first-order chi connectivity index (χ1) is 12.1. The summed E-state index contributed by atoms with van der Waals surface area (Å²) >= 11 is 5.96. The van der Waals surface area contributed by atoms with Crippen molar-refractivity contribution in [3.63, 3.8) is 0 Å². The Balaban J connectivity index is 1.64. The number of nitrogens with zero attached hydrogens (tertiary/aromatic N) is 4. The molecule has 25 heavy (non-hydrogen) atoms. The molecule has 4 heterocycles. The summed E-state index contributed by atoms with van der Waals surface area (Å²) in [6, 6.07) is 7.30. The molecule has 3 aromatic heterocycles. The fraction of sp³-hybridized carbons (Fsp3) is 0.389. The molecule has 0 bridgehead atoms. The lowest BCUT2D eigenvalue weighted by molar-refractivity contribution is 0.132. The number of likely N-dealkylation sites (tertiary alicyclic amines) is 1. The number of hydrogen-bond donors (Lipinski definition) is 0. The van der Waals surface area contributed by atoms with Crippen LogP contribution in [0.25, 0.3) is 5.65 Å². The number of pyridine rings is 1. The van der Waals surface area contributed by atoms with Gasteiger partial charge in [0.25, 0.3) is 5.56 Å². The average Bonchev–Trinajstić information content (AvgIpc) is 3.02. The fourth-order valence-electron chi connectivity index (χ4n) is 3.47. The van der Waals surface area contributed by atoms with E-state index in [1.807, 2.05) is 13.0 Å². The Kier molecular flexibility index (Phi) is 4.31. The summed E-state index contributed by atoms with van der Waals surface area (Å²) in [5, 5.41) is 4.71. The highest BCUT2D eigenvalue weighted by atomic mass is 35.5. The van der Waals surface area contributed by atoms with Crippen molar-refractivity contribution in [2.45, 2.75) is 38.8 Å². The summed E-state index contributed by atoms with van der Waals surface area (Å²) < 4.78 is 6.72. The Morgan fingerprint density at radius 2 is 2.20 bits per heavy atom. The molecule has 4 rings (SSSR count). The topological polar surface area (TPSA) is 63.6 Å². The number of aromatic nitrogens is 3. The van der Waals surface area contributed by atoms with Gasteiger partial charge in [-0.1, -0.05) is 23.2 Å². The second-order valence-corrected chi connectivity index (χ2v) is 6.94. The first-order valence-corrected chi connectivity index (χ1v) is 8.83. The highest BCUT2D eigenvalue weighted by molar-refractivity contribution is 6.30. The molecule has 0 radical (unpaired) electrons. The van der Waals surface area contributed by atoms with Gasteiger partial charge in [-0.2, -0.15) is 0 Å². The third-order valence-corrected chi connectivity index (χ3v) is 4.87. The molecule has 0 N–H and O–H groups in total. The summed E-state index contributed by atoms with van der Waals surface area (Å²) in [5.74, 6) is 0.819. The molecule has 6 nitrogen and oxygen atoms in total. The van der Waals surface area contributed by atoms with E-state index in [4.69, 9.17) is 16.1 Å². The van der Waals surface area contributed by atoms with Crippen LogP contribution in [0.3, 0.4) is 0 Å². The van der Waals surface area contributed by atoms with Crippen LogP contribution < -0.4 is 5.56 Å². The van der Waals surface area contributed by atoms with Crippen molar-refractivity contribution >= 4 is 17.2 Å². The molecule has 7 heteroatoms. The van der Waals surface area contributed by atoms with Crippen molar-refractivity contribution in [1.82, 2.24) is 19.4 Å². The Labute approximate surface area is 150 Å². The summed E-state index contributed by atoms with van der Waals surface area (Å²) in [4.78, 5) is 19.3. The number of piperidine rings is 1. The van der Waals surface area contributed by atoms with Crippen LogP contribution in [0.1, 0.15) is 42.5 Å². The molecule has 0 amide bonds. The Morgan fingerprint density at radius 1 is 1.32 bits per heavy atom. The van der Waals surface area contributed by atoms with Crippen LogP contribution in [-0.4, -0.2) is 26.0 Å². The molecule has 1 atom stereocenters. The van der Waals surface area contributed by atoms with Crippen LogP contribution in [0.5, 0.6) is 0 Å². The molecule has 0 aliphatic carbocycles. The number of aryl methyl sites for hydroxylation is 1. The van der Waals surface area contributed by atoms with E-state index in [1.54, 1.807) is 24.4 Å². The van der Waals surface area contributed by atoms with Crippen molar-refractivity contribution in [1.29, 1.82) is 0 Å². The number of fused-ring (bicyclic) bond motifs is 1. The predicted octanol–water partition coefficient (Wildman–Crippen LogP) is 3.37. The molecule has 1 aliphatic rings. The van der Waals surface area contributed by atoms with Crippen LogP contribution in [0, 0.1) is 6.92 Å². The maximum atomic E-state index is 12.4. The van der Waals surface area contributed by atoms with Gasteiger partial charge in [0.15, 0.2) is 0 Å². The number of hydrogen-bond acceptors (Lipinski definition) is 5. The zero-order valence-corrected chi connectivity index (χ0v) is 14.7. The third kappa shape index (κ3) is 3.32. The van der Waals surface area contributed by atoms with Gasteiger partial charge < -0.3 is 4.52 Å². The predicted molar refractivity (Wildman–Crippen MR) is 94.7 cm³/mol. The summed E-state index contributed by atoms with van der Waals surface area (Å²) in [5.41, 5.74) is 2.21. The van der Waals surface area contributed by atoms with Gasteiger partial charge in [-0.3, -0.25) is 14.1 Å². The van der Waals surface area contributed by atoms with Crippen LogP contribution in [-0.2, 0) is 6.54 Å². The van der Waals surface area contributed by atoms with E-state index in [2.05, 4.69) is 15.0 Å². The molecule has 1 aliphatic heterocycles. The Hall–Kier alpha value is -2.18. The molecule has 1 fully saturated rings. The van der Waals surface area contributed by atoms with Gasteiger partial charge in [0, 0.05) is 24.9 Å². The quantitative estimate of drug-likeness (QED) is 0.718. The van der Waals surface area contributed by atoms with Crippen molar-refractivity contribution in [3.8, 4) is 0 Å². The molecular weight excluding hydrogens is 340 g/mol. The summed E-state index contributed by atoms with van der Waals surface area (Å²) in [6.07, 6.45) is 4.93. The Morgan fingerprint density at radius 3 is 3.00 bits per heavy atom. The van der Waals surface area contributed by atoms with Gasteiger partial charge in [-0.15, -0.1) is 0 Å². The number of rotatable bonds is 3. The average molecular weight is 359 g/mol. The van der Waals surface area contributed by atoms with E-state index in [9.17, 15) is 4.79 Å². The smallest absolute Gasteiger partial charge is 0.258 e. The molecular formula is C18H19ClN4O2. The minimum absolute atomic E-state index is 0.117. The largest absolute Gasteiger partial charge is 0.361 e. The van der Waals surface area contributed by atoms with Gasteiger partial charge in [-0.25, -0.2) is 4.98 Å². The van der Waals surface area contributed by atoms with E-state index in [-0.39, 0.29) is 11.6 Å². The van der Waals surface area contributed by atoms with E-state index in [1.165, 1.54) is 10.8 Å². The molecule has 3 aromatic rings.